The van der Waals surface area contributed by atoms with Crippen molar-refractivity contribution in [2.45, 2.75) is 19.2 Å². The van der Waals surface area contributed by atoms with Gasteiger partial charge in [-0.15, -0.1) is 0 Å². The Hall–Kier alpha value is -3.10. The van der Waals surface area contributed by atoms with Crippen LogP contribution in [0.5, 0.6) is 5.75 Å². The highest BCUT2D eigenvalue weighted by Gasteiger charge is 2.30. The average molecular weight is 370 g/mol. The van der Waals surface area contributed by atoms with Gasteiger partial charge in [0.2, 0.25) is 0 Å². The van der Waals surface area contributed by atoms with E-state index in [2.05, 4.69) is 10.9 Å². The third kappa shape index (κ3) is 5.20. The number of nitrogens with one attached hydrogen (secondary N) is 2. The Labute approximate surface area is 145 Å². The van der Waals surface area contributed by atoms with Gasteiger partial charge in [0, 0.05) is 5.56 Å². The molecular formula is C17H14F4N2O3. The molecular weight excluding hydrogens is 356 g/mol. The first-order chi connectivity index (χ1) is 12.2. The number of alkyl halides is 3. The zero-order valence-electron chi connectivity index (χ0n) is 13.4. The lowest BCUT2D eigenvalue weighted by Crippen LogP contribution is -2.47. The Balaban J connectivity index is 1.87. The highest BCUT2D eigenvalue weighted by molar-refractivity contribution is 5.95. The maximum absolute atomic E-state index is 12.8. The number of ether oxygens (including phenoxy) is 1. The second kappa shape index (κ2) is 7.85. The van der Waals surface area contributed by atoms with Gasteiger partial charge < -0.3 is 4.74 Å². The number of benzene rings is 2. The first kappa shape index (κ1) is 19.2. The highest BCUT2D eigenvalue weighted by atomic mass is 19.4. The molecule has 0 saturated heterocycles. The van der Waals surface area contributed by atoms with E-state index >= 15 is 0 Å². The normalized spacial score (nSPS) is 12.2. The molecule has 0 saturated carbocycles. The Kier molecular flexibility index (Phi) is 5.81. The van der Waals surface area contributed by atoms with Crippen LogP contribution in [0.2, 0.25) is 0 Å². The van der Waals surface area contributed by atoms with E-state index in [1.54, 1.807) is 0 Å². The van der Waals surface area contributed by atoms with E-state index in [4.69, 9.17) is 4.74 Å². The van der Waals surface area contributed by atoms with Crippen molar-refractivity contribution in [1.82, 2.24) is 10.9 Å². The zero-order valence-corrected chi connectivity index (χ0v) is 13.4. The Morgan fingerprint density at radius 3 is 2.08 bits per heavy atom. The second-order valence-electron chi connectivity index (χ2n) is 5.23. The fourth-order valence-electron chi connectivity index (χ4n) is 1.87. The van der Waals surface area contributed by atoms with Crippen molar-refractivity contribution in [3.05, 3.63) is 65.5 Å². The van der Waals surface area contributed by atoms with Crippen molar-refractivity contribution >= 4 is 11.8 Å². The van der Waals surface area contributed by atoms with Crippen molar-refractivity contribution in [1.29, 1.82) is 0 Å². The number of amides is 2. The zero-order chi connectivity index (χ0) is 19.3. The van der Waals surface area contributed by atoms with Crippen molar-refractivity contribution in [2.75, 3.05) is 0 Å². The molecule has 0 aliphatic heterocycles. The van der Waals surface area contributed by atoms with Gasteiger partial charge in [-0.3, -0.25) is 20.4 Å². The molecule has 2 aromatic rings. The molecule has 0 unspecified atom stereocenters. The maximum atomic E-state index is 12.8. The number of rotatable bonds is 4. The first-order valence-corrected chi connectivity index (χ1v) is 7.36. The van der Waals surface area contributed by atoms with Crippen molar-refractivity contribution in [2.24, 2.45) is 0 Å². The lowest BCUT2D eigenvalue weighted by Gasteiger charge is -2.15. The summed E-state index contributed by atoms with van der Waals surface area (Å²) in [5, 5.41) is 0. The fourth-order valence-corrected chi connectivity index (χ4v) is 1.87. The third-order valence-electron chi connectivity index (χ3n) is 3.27. The topological polar surface area (TPSA) is 67.4 Å². The highest BCUT2D eigenvalue weighted by Crippen LogP contribution is 2.29. The molecule has 0 bridgehead atoms. The van der Waals surface area contributed by atoms with Crippen LogP contribution in [-0.2, 0) is 11.0 Å². The van der Waals surface area contributed by atoms with Crippen LogP contribution in [0.25, 0.3) is 0 Å². The number of hydrogen-bond acceptors (Lipinski definition) is 3. The first-order valence-electron chi connectivity index (χ1n) is 7.36. The third-order valence-corrected chi connectivity index (χ3v) is 3.27. The summed E-state index contributed by atoms with van der Waals surface area (Å²) in [4.78, 5) is 23.7. The van der Waals surface area contributed by atoms with E-state index in [1.807, 2.05) is 0 Å². The molecule has 2 amide bonds. The molecule has 0 spiro atoms. The minimum Gasteiger partial charge on any atom is -0.481 e. The summed E-state index contributed by atoms with van der Waals surface area (Å²) in [6.45, 7) is 1.41. The predicted molar refractivity (Wildman–Crippen MR) is 83.5 cm³/mol. The predicted octanol–water partition coefficient (Wildman–Crippen LogP) is 3.07. The van der Waals surface area contributed by atoms with E-state index in [1.165, 1.54) is 19.1 Å². The smallest absolute Gasteiger partial charge is 0.416 e. The van der Waals surface area contributed by atoms with Crippen LogP contribution < -0.4 is 15.6 Å². The average Bonchev–Trinajstić information content (AvgIpc) is 2.60. The Morgan fingerprint density at radius 1 is 0.962 bits per heavy atom. The molecule has 0 aromatic heterocycles. The molecule has 2 N–H and O–H groups in total. The molecule has 0 fully saturated rings. The lowest BCUT2D eigenvalue weighted by molar-refractivity contribution is -0.137. The summed E-state index contributed by atoms with van der Waals surface area (Å²) in [6.07, 6.45) is -5.51. The maximum Gasteiger partial charge on any atom is 0.416 e. The van der Waals surface area contributed by atoms with Crippen molar-refractivity contribution < 1.29 is 31.9 Å². The van der Waals surface area contributed by atoms with Gasteiger partial charge in [-0.05, 0) is 55.5 Å². The quantitative estimate of drug-likeness (QED) is 0.642. The largest absolute Gasteiger partial charge is 0.481 e. The van der Waals surface area contributed by atoms with Gasteiger partial charge in [-0.1, -0.05) is 0 Å². The van der Waals surface area contributed by atoms with Crippen LogP contribution in [0.4, 0.5) is 17.6 Å². The monoisotopic (exact) mass is 370 g/mol. The summed E-state index contributed by atoms with van der Waals surface area (Å²) in [7, 11) is 0. The van der Waals surface area contributed by atoms with Crippen molar-refractivity contribution in [3.63, 3.8) is 0 Å². The van der Waals surface area contributed by atoms with Gasteiger partial charge in [0.25, 0.3) is 11.8 Å². The van der Waals surface area contributed by atoms with Crippen LogP contribution >= 0.6 is 0 Å². The van der Waals surface area contributed by atoms with Crippen LogP contribution in [0.15, 0.2) is 48.5 Å². The van der Waals surface area contributed by atoms with Gasteiger partial charge in [-0.2, -0.15) is 13.2 Å². The Bertz CT molecular complexity index is 774. The van der Waals surface area contributed by atoms with Gasteiger partial charge >= 0.3 is 6.18 Å². The molecule has 0 heterocycles. The molecule has 0 aliphatic rings. The minimum absolute atomic E-state index is 0.0644. The number of hydrogen-bond donors (Lipinski definition) is 2. The molecule has 26 heavy (non-hydrogen) atoms. The molecule has 5 nitrogen and oxygen atoms in total. The number of carbonyl (C=O) groups is 2. The van der Waals surface area contributed by atoms with Crippen molar-refractivity contribution in [3.8, 4) is 5.75 Å². The number of hydrazine groups is 1. The molecule has 2 rings (SSSR count). The van der Waals surface area contributed by atoms with Gasteiger partial charge in [-0.25, -0.2) is 4.39 Å². The van der Waals surface area contributed by atoms with E-state index in [9.17, 15) is 27.2 Å². The molecule has 1 atom stereocenters. The lowest BCUT2D eigenvalue weighted by atomic mass is 10.1. The summed E-state index contributed by atoms with van der Waals surface area (Å²) in [5.41, 5.74) is 3.22. The van der Waals surface area contributed by atoms with Crippen LogP contribution in [-0.4, -0.2) is 17.9 Å². The van der Waals surface area contributed by atoms with E-state index in [-0.39, 0.29) is 11.3 Å². The summed E-state index contributed by atoms with van der Waals surface area (Å²) in [6, 6.07) is 8.48. The summed E-state index contributed by atoms with van der Waals surface area (Å²) >= 11 is 0. The van der Waals surface area contributed by atoms with Crippen LogP contribution in [0.3, 0.4) is 0 Å². The molecule has 138 valence electrons. The minimum atomic E-state index is -4.50. The van der Waals surface area contributed by atoms with Gasteiger partial charge in [0.1, 0.15) is 11.6 Å². The van der Waals surface area contributed by atoms with Gasteiger partial charge in [0.05, 0.1) is 5.56 Å². The second-order valence-corrected chi connectivity index (χ2v) is 5.23. The number of halogens is 4. The molecule has 0 radical (unpaired) electrons. The van der Waals surface area contributed by atoms with E-state index < -0.39 is 35.5 Å². The summed E-state index contributed by atoms with van der Waals surface area (Å²) < 4.78 is 55.5. The van der Waals surface area contributed by atoms with E-state index in [0.29, 0.717) is 0 Å². The van der Waals surface area contributed by atoms with Crippen LogP contribution in [0, 0.1) is 5.82 Å². The van der Waals surface area contributed by atoms with Crippen LogP contribution in [0.1, 0.15) is 22.8 Å². The molecule has 0 aliphatic carbocycles. The Morgan fingerprint density at radius 2 is 1.54 bits per heavy atom. The molecule has 9 heteroatoms. The molecule has 2 aromatic carbocycles. The van der Waals surface area contributed by atoms with E-state index in [0.717, 1.165) is 36.4 Å². The number of carbonyl (C=O) groups excluding carboxylic acids is 2. The standard InChI is InChI=1S/C17H14F4N2O3/c1-10(26-14-8-6-13(18)7-9-14)15(24)22-23-16(25)11-2-4-12(5-3-11)17(19,20)21/h2-10H,1H3,(H,22,24)(H,23,25)/t10-/m1/s1. The SMILES string of the molecule is C[C@@H](Oc1ccc(F)cc1)C(=O)NNC(=O)c1ccc(C(F)(F)F)cc1. The fraction of sp³-hybridized carbons (Fsp3) is 0.176. The van der Waals surface area contributed by atoms with Gasteiger partial charge in [0.15, 0.2) is 6.10 Å². The summed E-state index contributed by atoms with van der Waals surface area (Å²) in [5.74, 6) is -1.70.